The number of ether oxygens (including phenoxy) is 1. The van der Waals surface area contributed by atoms with Crippen molar-refractivity contribution in [3.05, 3.63) is 58.6 Å². The second-order valence-corrected chi connectivity index (χ2v) is 4.06. The molecule has 0 unspecified atom stereocenters. The van der Waals surface area contributed by atoms with Gasteiger partial charge in [0.15, 0.2) is 0 Å². The predicted octanol–water partition coefficient (Wildman–Crippen LogP) is 4.31. The van der Waals surface area contributed by atoms with E-state index in [1.54, 1.807) is 18.2 Å². The number of nitrogens with zero attached hydrogens (tertiary/aromatic N) is 1. The molecule has 0 saturated heterocycles. The standard InChI is InChI=1S/C14H10ClNO/c1-10-4-2-3-5-13(10)17-14-8-12(15)7-6-11(14)9-16/h2-8H,1H3. The molecule has 0 saturated carbocycles. The third-order valence-electron chi connectivity index (χ3n) is 2.38. The number of hydrogen-bond donors (Lipinski definition) is 0. The molecule has 0 bridgehead atoms. The lowest BCUT2D eigenvalue weighted by Crippen LogP contribution is -1.90. The van der Waals surface area contributed by atoms with Crippen LogP contribution in [0, 0.1) is 18.3 Å². The predicted molar refractivity (Wildman–Crippen MR) is 67.4 cm³/mol. The number of rotatable bonds is 2. The van der Waals surface area contributed by atoms with Gasteiger partial charge in [-0.3, -0.25) is 0 Å². The van der Waals surface area contributed by atoms with Crippen molar-refractivity contribution in [3.8, 4) is 17.6 Å². The summed E-state index contributed by atoms with van der Waals surface area (Å²) in [6, 6.07) is 14.7. The van der Waals surface area contributed by atoms with Gasteiger partial charge in [0.05, 0.1) is 5.56 Å². The Morgan fingerprint density at radius 2 is 1.88 bits per heavy atom. The largest absolute Gasteiger partial charge is 0.456 e. The Morgan fingerprint density at radius 3 is 2.59 bits per heavy atom. The molecule has 2 rings (SSSR count). The molecule has 2 nitrogen and oxygen atoms in total. The van der Waals surface area contributed by atoms with E-state index in [-0.39, 0.29) is 0 Å². The Bertz CT molecular complexity index is 587. The Balaban J connectivity index is 2.40. The number of benzene rings is 2. The lowest BCUT2D eigenvalue weighted by Gasteiger charge is -2.09. The Labute approximate surface area is 105 Å². The van der Waals surface area contributed by atoms with E-state index >= 15 is 0 Å². The SMILES string of the molecule is Cc1ccccc1Oc1cc(Cl)ccc1C#N. The van der Waals surface area contributed by atoms with Crippen LogP contribution in [0.25, 0.3) is 0 Å². The highest BCUT2D eigenvalue weighted by Gasteiger charge is 2.06. The molecule has 0 aromatic heterocycles. The zero-order chi connectivity index (χ0) is 12.3. The molecule has 0 N–H and O–H groups in total. The maximum absolute atomic E-state index is 8.98. The van der Waals surface area contributed by atoms with Gasteiger partial charge in [-0.05, 0) is 30.7 Å². The van der Waals surface area contributed by atoms with Crippen molar-refractivity contribution in [2.75, 3.05) is 0 Å². The van der Waals surface area contributed by atoms with Gasteiger partial charge in [0, 0.05) is 11.1 Å². The van der Waals surface area contributed by atoms with Crippen LogP contribution in [0.2, 0.25) is 5.02 Å². The summed E-state index contributed by atoms with van der Waals surface area (Å²) >= 11 is 5.89. The minimum atomic E-state index is 0.470. The molecule has 2 aromatic rings. The third-order valence-corrected chi connectivity index (χ3v) is 2.61. The number of halogens is 1. The van der Waals surface area contributed by atoms with Crippen LogP contribution in [-0.4, -0.2) is 0 Å². The van der Waals surface area contributed by atoms with E-state index in [2.05, 4.69) is 6.07 Å². The maximum atomic E-state index is 8.98. The zero-order valence-electron chi connectivity index (χ0n) is 9.27. The average molecular weight is 244 g/mol. The number of hydrogen-bond acceptors (Lipinski definition) is 2. The van der Waals surface area contributed by atoms with Gasteiger partial charge in [-0.25, -0.2) is 0 Å². The Hall–Kier alpha value is -1.98. The topological polar surface area (TPSA) is 33.0 Å². The van der Waals surface area contributed by atoms with Crippen molar-refractivity contribution >= 4 is 11.6 Å². The van der Waals surface area contributed by atoms with Crippen LogP contribution in [0.3, 0.4) is 0 Å². The van der Waals surface area contributed by atoms with Crippen LogP contribution < -0.4 is 4.74 Å². The number of aryl methyl sites for hydroxylation is 1. The Morgan fingerprint density at radius 1 is 1.12 bits per heavy atom. The highest BCUT2D eigenvalue weighted by Crippen LogP contribution is 2.29. The molecule has 2 aromatic carbocycles. The molecule has 3 heteroatoms. The van der Waals surface area contributed by atoms with Gasteiger partial charge in [0.1, 0.15) is 17.6 Å². The van der Waals surface area contributed by atoms with Crippen molar-refractivity contribution < 1.29 is 4.74 Å². The summed E-state index contributed by atoms with van der Waals surface area (Å²) < 4.78 is 5.71. The molecule has 0 amide bonds. The first-order valence-corrected chi connectivity index (χ1v) is 5.51. The molecular formula is C14H10ClNO. The first-order chi connectivity index (χ1) is 8.20. The summed E-state index contributed by atoms with van der Waals surface area (Å²) in [5, 5.41) is 9.53. The minimum Gasteiger partial charge on any atom is -0.456 e. The minimum absolute atomic E-state index is 0.470. The average Bonchev–Trinajstić information content (AvgIpc) is 2.32. The van der Waals surface area contributed by atoms with Crippen molar-refractivity contribution in [2.45, 2.75) is 6.92 Å². The molecule has 0 atom stereocenters. The monoisotopic (exact) mass is 243 g/mol. The lowest BCUT2D eigenvalue weighted by atomic mass is 10.2. The second-order valence-electron chi connectivity index (χ2n) is 3.62. The van der Waals surface area contributed by atoms with E-state index in [1.807, 2.05) is 31.2 Å². The fraction of sp³-hybridized carbons (Fsp3) is 0.0714. The van der Waals surface area contributed by atoms with Crippen LogP contribution >= 0.6 is 11.6 Å². The van der Waals surface area contributed by atoms with Crippen molar-refractivity contribution in [1.82, 2.24) is 0 Å². The molecule has 0 aliphatic heterocycles. The summed E-state index contributed by atoms with van der Waals surface area (Å²) in [5.74, 6) is 1.21. The van der Waals surface area contributed by atoms with E-state index in [0.717, 1.165) is 11.3 Å². The first-order valence-electron chi connectivity index (χ1n) is 5.14. The molecule has 0 heterocycles. The quantitative estimate of drug-likeness (QED) is 0.787. The van der Waals surface area contributed by atoms with Crippen LogP contribution in [0.15, 0.2) is 42.5 Å². The smallest absolute Gasteiger partial charge is 0.146 e. The highest BCUT2D eigenvalue weighted by molar-refractivity contribution is 6.30. The summed E-state index contributed by atoms with van der Waals surface area (Å²) in [6.45, 7) is 1.95. The van der Waals surface area contributed by atoms with Gasteiger partial charge in [-0.15, -0.1) is 0 Å². The van der Waals surface area contributed by atoms with Crippen molar-refractivity contribution in [3.63, 3.8) is 0 Å². The van der Waals surface area contributed by atoms with Crippen LogP contribution in [0.4, 0.5) is 0 Å². The third kappa shape index (κ3) is 2.58. The molecule has 0 aliphatic carbocycles. The Kier molecular flexibility index (Phi) is 3.32. The van der Waals surface area contributed by atoms with Gasteiger partial charge in [0.25, 0.3) is 0 Å². The number of para-hydroxylation sites is 1. The summed E-state index contributed by atoms with van der Waals surface area (Å²) in [5.41, 5.74) is 1.48. The van der Waals surface area contributed by atoms with Crippen LogP contribution in [-0.2, 0) is 0 Å². The van der Waals surface area contributed by atoms with Gasteiger partial charge < -0.3 is 4.74 Å². The molecule has 84 valence electrons. The molecule has 0 radical (unpaired) electrons. The fourth-order valence-corrected chi connectivity index (χ4v) is 1.62. The van der Waals surface area contributed by atoms with E-state index in [4.69, 9.17) is 21.6 Å². The van der Waals surface area contributed by atoms with Crippen molar-refractivity contribution in [1.29, 1.82) is 5.26 Å². The molecule has 17 heavy (non-hydrogen) atoms. The van der Waals surface area contributed by atoms with Gasteiger partial charge in [-0.2, -0.15) is 5.26 Å². The molecule has 0 aliphatic rings. The van der Waals surface area contributed by atoms with Crippen LogP contribution in [0.1, 0.15) is 11.1 Å². The van der Waals surface area contributed by atoms with Gasteiger partial charge in [0.2, 0.25) is 0 Å². The normalized spacial score (nSPS) is 9.71. The summed E-state index contributed by atoms with van der Waals surface area (Å²) in [7, 11) is 0. The van der Waals surface area contributed by atoms with E-state index in [1.165, 1.54) is 0 Å². The van der Waals surface area contributed by atoms with Crippen molar-refractivity contribution in [2.24, 2.45) is 0 Å². The maximum Gasteiger partial charge on any atom is 0.146 e. The summed E-state index contributed by atoms with van der Waals surface area (Å²) in [6.07, 6.45) is 0. The molecule has 0 fully saturated rings. The molecular weight excluding hydrogens is 234 g/mol. The highest BCUT2D eigenvalue weighted by atomic mass is 35.5. The van der Waals surface area contributed by atoms with E-state index in [9.17, 15) is 0 Å². The fourth-order valence-electron chi connectivity index (χ4n) is 1.46. The lowest BCUT2D eigenvalue weighted by molar-refractivity contribution is 0.477. The van der Waals surface area contributed by atoms with Gasteiger partial charge >= 0.3 is 0 Å². The van der Waals surface area contributed by atoms with Crippen LogP contribution in [0.5, 0.6) is 11.5 Å². The van der Waals surface area contributed by atoms with E-state index in [0.29, 0.717) is 16.3 Å². The first kappa shape index (κ1) is 11.5. The summed E-state index contributed by atoms with van der Waals surface area (Å²) in [4.78, 5) is 0. The zero-order valence-corrected chi connectivity index (χ0v) is 10.0. The van der Waals surface area contributed by atoms with E-state index < -0.39 is 0 Å². The van der Waals surface area contributed by atoms with Gasteiger partial charge in [-0.1, -0.05) is 29.8 Å². The number of nitriles is 1. The second kappa shape index (κ2) is 4.90. The molecule has 0 spiro atoms.